The average Bonchev–Trinajstić information content (AvgIpc) is 2.88. The Bertz CT molecular complexity index is 1260. The quantitative estimate of drug-likeness (QED) is 0.397. The number of piperazine rings is 1. The number of nitrogens with zero attached hydrogens (tertiary/aromatic N) is 2. The molecule has 0 saturated carbocycles. The van der Waals surface area contributed by atoms with Crippen LogP contribution in [-0.2, 0) is 14.8 Å². The van der Waals surface area contributed by atoms with Gasteiger partial charge in [0.15, 0.2) is 0 Å². The van der Waals surface area contributed by atoms with Crippen molar-refractivity contribution in [3.8, 4) is 5.75 Å². The molecule has 0 atom stereocenters. The summed E-state index contributed by atoms with van der Waals surface area (Å²) in [5.41, 5.74) is 3.28. The predicted octanol–water partition coefficient (Wildman–Crippen LogP) is 4.08. The van der Waals surface area contributed by atoms with Crippen molar-refractivity contribution in [1.29, 1.82) is 0 Å². The van der Waals surface area contributed by atoms with Crippen LogP contribution in [0, 0.1) is 6.92 Å². The number of methoxy groups -OCH3 is 1. The number of hydrogen-bond acceptors (Lipinski definition) is 4. The largest absolute Gasteiger partial charge is 0.497 e. The molecule has 1 aliphatic heterocycles. The smallest absolute Gasteiger partial charge is 0.254 e. The number of sulfonamides is 1. The standard InChI is InChI=1S/C27H28N2O4S/c1-21-8-14-25(15-9-21)34(31,32)29-18-16-28(17-19-29)27(30)26(23-6-4-3-5-7-23)20-22-10-12-24(33-2)13-11-22/h3-15,20H,16-19H2,1-2H3/b26-20+. The zero-order chi connectivity index (χ0) is 24.1. The Morgan fingerprint density at radius 3 is 2.06 bits per heavy atom. The molecule has 1 fully saturated rings. The van der Waals surface area contributed by atoms with Gasteiger partial charge in [0.2, 0.25) is 10.0 Å². The summed E-state index contributed by atoms with van der Waals surface area (Å²) >= 11 is 0. The monoisotopic (exact) mass is 476 g/mol. The molecule has 3 aromatic rings. The maximum Gasteiger partial charge on any atom is 0.254 e. The minimum atomic E-state index is -3.59. The molecule has 0 aliphatic carbocycles. The third kappa shape index (κ3) is 5.21. The summed E-state index contributed by atoms with van der Waals surface area (Å²) in [6.07, 6.45) is 1.87. The third-order valence-corrected chi connectivity index (χ3v) is 7.84. The molecule has 1 saturated heterocycles. The summed E-state index contributed by atoms with van der Waals surface area (Å²) in [7, 11) is -1.97. The summed E-state index contributed by atoms with van der Waals surface area (Å²) in [6, 6.07) is 23.9. The second-order valence-corrected chi connectivity index (χ2v) is 10.1. The highest BCUT2D eigenvalue weighted by molar-refractivity contribution is 7.89. The van der Waals surface area contributed by atoms with Crippen LogP contribution in [0.4, 0.5) is 0 Å². The van der Waals surface area contributed by atoms with Gasteiger partial charge in [-0.05, 0) is 48.4 Å². The second-order valence-electron chi connectivity index (χ2n) is 8.21. The van der Waals surface area contributed by atoms with E-state index < -0.39 is 10.0 Å². The first-order valence-corrected chi connectivity index (χ1v) is 12.6. The average molecular weight is 477 g/mol. The van der Waals surface area contributed by atoms with E-state index >= 15 is 0 Å². The molecule has 4 rings (SSSR count). The van der Waals surface area contributed by atoms with E-state index in [1.165, 1.54) is 4.31 Å². The Morgan fingerprint density at radius 1 is 0.853 bits per heavy atom. The fraction of sp³-hybridized carbons (Fsp3) is 0.222. The minimum Gasteiger partial charge on any atom is -0.497 e. The number of ether oxygens (including phenoxy) is 1. The lowest BCUT2D eigenvalue weighted by Crippen LogP contribution is -2.50. The molecule has 1 amide bonds. The third-order valence-electron chi connectivity index (χ3n) is 5.93. The van der Waals surface area contributed by atoms with Crippen molar-refractivity contribution in [1.82, 2.24) is 9.21 Å². The molecule has 0 radical (unpaired) electrons. The first-order valence-electron chi connectivity index (χ1n) is 11.2. The van der Waals surface area contributed by atoms with E-state index in [2.05, 4.69) is 0 Å². The van der Waals surface area contributed by atoms with Crippen LogP contribution in [0.15, 0.2) is 83.8 Å². The SMILES string of the molecule is COc1ccc(/C=C(/C(=O)N2CCN(S(=O)(=O)c3ccc(C)cc3)CC2)c2ccccc2)cc1. The number of amides is 1. The molecule has 0 bridgehead atoms. The molecule has 176 valence electrons. The summed E-state index contributed by atoms with van der Waals surface area (Å²) in [6.45, 7) is 3.09. The lowest BCUT2D eigenvalue weighted by atomic mass is 10.0. The molecule has 0 unspecified atom stereocenters. The molecule has 6 nitrogen and oxygen atoms in total. The van der Waals surface area contributed by atoms with Crippen molar-refractivity contribution >= 4 is 27.6 Å². The zero-order valence-electron chi connectivity index (χ0n) is 19.3. The van der Waals surface area contributed by atoms with E-state index in [1.807, 2.05) is 67.6 Å². The van der Waals surface area contributed by atoms with E-state index in [1.54, 1.807) is 36.3 Å². The van der Waals surface area contributed by atoms with Crippen LogP contribution in [0.25, 0.3) is 11.6 Å². The van der Waals surface area contributed by atoms with E-state index in [0.717, 1.165) is 22.4 Å². The van der Waals surface area contributed by atoms with Gasteiger partial charge >= 0.3 is 0 Å². The summed E-state index contributed by atoms with van der Waals surface area (Å²) < 4.78 is 32.7. The van der Waals surface area contributed by atoms with Gasteiger partial charge in [-0.3, -0.25) is 4.79 Å². The summed E-state index contributed by atoms with van der Waals surface area (Å²) in [5.74, 6) is 0.630. The molecule has 0 spiro atoms. The zero-order valence-corrected chi connectivity index (χ0v) is 20.2. The van der Waals surface area contributed by atoms with Gasteiger partial charge in [-0.25, -0.2) is 8.42 Å². The topological polar surface area (TPSA) is 66.9 Å². The van der Waals surface area contributed by atoms with E-state index in [0.29, 0.717) is 18.7 Å². The first-order chi connectivity index (χ1) is 16.4. The first kappa shape index (κ1) is 23.7. The van der Waals surface area contributed by atoms with E-state index in [-0.39, 0.29) is 23.9 Å². The van der Waals surface area contributed by atoms with Gasteiger partial charge in [0.25, 0.3) is 5.91 Å². The van der Waals surface area contributed by atoms with Gasteiger partial charge in [-0.1, -0.05) is 60.2 Å². The molecular weight excluding hydrogens is 448 g/mol. The number of benzene rings is 3. The normalized spacial score (nSPS) is 15.2. The molecule has 1 heterocycles. The molecule has 0 aromatic heterocycles. The molecule has 3 aromatic carbocycles. The van der Waals surface area contributed by atoms with Crippen LogP contribution in [0.5, 0.6) is 5.75 Å². The highest BCUT2D eigenvalue weighted by Gasteiger charge is 2.31. The minimum absolute atomic E-state index is 0.116. The van der Waals surface area contributed by atoms with Crippen LogP contribution >= 0.6 is 0 Å². The molecule has 1 aliphatic rings. The van der Waals surface area contributed by atoms with E-state index in [4.69, 9.17) is 4.74 Å². The number of hydrogen-bond donors (Lipinski definition) is 0. The number of aryl methyl sites for hydroxylation is 1. The Morgan fingerprint density at radius 2 is 1.47 bits per heavy atom. The fourth-order valence-corrected chi connectivity index (χ4v) is 5.34. The Hall–Kier alpha value is -3.42. The predicted molar refractivity (Wildman–Crippen MR) is 134 cm³/mol. The molecule has 34 heavy (non-hydrogen) atoms. The van der Waals surface area contributed by atoms with Crippen molar-refractivity contribution in [2.75, 3.05) is 33.3 Å². The van der Waals surface area contributed by atoms with Crippen LogP contribution in [0.3, 0.4) is 0 Å². The van der Waals surface area contributed by atoms with Crippen LogP contribution < -0.4 is 4.74 Å². The number of carbonyl (C=O) groups is 1. The number of carbonyl (C=O) groups excluding carboxylic acids is 1. The van der Waals surface area contributed by atoms with Gasteiger partial charge in [0.05, 0.1) is 12.0 Å². The van der Waals surface area contributed by atoms with E-state index in [9.17, 15) is 13.2 Å². The Balaban J connectivity index is 1.54. The highest BCUT2D eigenvalue weighted by atomic mass is 32.2. The lowest BCUT2D eigenvalue weighted by Gasteiger charge is -2.34. The van der Waals surface area contributed by atoms with Gasteiger partial charge in [0.1, 0.15) is 5.75 Å². The fourth-order valence-electron chi connectivity index (χ4n) is 3.91. The van der Waals surface area contributed by atoms with Crippen molar-refractivity contribution in [3.05, 3.63) is 95.6 Å². The van der Waals surface area contributed by atoms with Crippen LogP contribution in [0.1, 0.15) is 16.7 Å². The van der Waals surface area contributed by atoms with Gasteiger partial charge in [-0.15, -0.1) is 0 Å². The van der Waals surface area contributed by atoms with Crippen molar-refractivity contribution in [3.63, 3.8) is 0 Å². The maximum atomic E-state index is 13.6. The Labute approximate surface area is 201 Å². The van der Waals surface area contributed by atoms with Gasteiger partial charge < -0.3 is 9.64 Å². The van der Waals surface area contributed by atoms with Crippen LogP contribution in [-0.4, -0.2) is 56.8 Å². The van der Waals surface area contributed by atoms with Gasteiger partial charge in [0, 0.05) is 31.8 Å². The lowest BCUT2D eigenvalue weighted by molar-refractivity contribution is -0.126. The molecule has 7 heteroatoms. The molecule has 0 N–H and O–H groups in total. The maximum absolute atomic E-state index is 13.6. The summed E-state index contributed by atoms with van der Waals surface area (Å²) in [5, 5.41) is 0. The van der Waals surface area contributed by atoms with Gasteiger partial charge in [-0.2, -0.15) is 4.31 Å². The Kier molecular flexibility index (Phi) is 7.14. The van der Waals surface area contributed by atoms with Crippen molar-refractivity contribution in [2.45, 2.75) is 11.8 Å². The van der Waals surface area contributed by atoms with Crippen molar-refractivity contribution in [2.24, 2.45) is 0 Å². The number of rotatable bonds is 6. The summed E-state index contributed by atoms with van der Waals surface area (Å²) in [4.78, 5) is 15.6. The highest BCUT2D eigenvalue weighted by Crippen LogP contribution is 2.24. The van der Waals surface area contributed by atoms with Crippen molar-refractivity contribution < 1.29 is 17.9 Å². The molecular formula is C27H28N2O4S. The second kappa shape index (κ2) is 10.2. The van der Waals surface area contributed by atoms with Crippen LogP contribution in [0.2, 0.25) is 0 Å².